The predicted octanol–water partition coefficient (Wildman–Crippen LogP) is 1.79. The minimum absolute atomic E-state index is 0.207. The van der Waals surface area contributed by atoms with E-state index in [0.29, 0.717) is 11.7 Å². The van der Waals surface area contributed by atoms with Crippen LogP contribution in [0.4, 0.5) is 10.2 Å². The molecule has 2 rings (SSSR count). The highest BCUT2D eigenvalue weighted by Gasteiger charge is 2.26. The molecule has 3 nitrogen and oxygen atoms in total. The van der Waals surface area contributed by atoms with Gasteiger partial charge < -0.3 is 10.4 Å². The highest BCUT2D eigenvalue weighted by atomic mass is 19.1. The Bertz CT molecular complexity index is 315. The second-order valence-corrected chi connectivity index (χ2v) is 3.99. The Kier molecular flexibility index (Phi) is 3.16. The first-order valence-electron chi connectivity index (χ1n) is 5.28. The van der Waals surface area contributed by atoms with Gasteiger partial charge >= 0.3 is 0 Å². The lowest BCUT2D eigenvalue weighted by molar-refractivity contribution is 0.222. The van der Waals surface area contributed by atoms with Crippen LogP contribution in [0.2, 0.25) is 0 Å². The molecule has 0 saturated heterocycles. The first kappa shape index (κ1) is 10.4. The van der Waals surface area contributed by atoms with Crippen LogP contribution in [0.15, 0.2) is 18.3 Å². The number of aliphatic hydroxyl groups is 1. The summed E-state index contributed by atoms with van der Waals surface area (Å²) < 4.78 is 12.6. The second-order valence-electron chi connectivity index (χ2n) is 3.99. The lowest BCUT2D eigenvalue weighted by atomic mass is 10.1. The van der Waals surface area contributed by atoms with Crippen molar-refractivity contribution < 1.29 is 9.50 Å². The van der Waals surface area contributed by atoms with Crippen molar-refractivity contribution in [3.8, 4) is 0 Å². The zero-order chi connectivity index (χ0) is 10.7. The fourth-order valence-electron chi connectivity index (χ4n) is 2.10. The lowest BCUT2D eigenvalue weighted by Gasteiger charge is -2.19. The molecule has 82 valence electrons. The molecule has 0 amide bonds. The first-order valence-corrected chi connectivity index (χ1v) is 5.28. The molecule has 1 fully saturated rings. The van der Waals surface area contributed by atoms with Gasteiger partial charge in [-0.2, -0.15) is 0 Å². The topological polar surface area (TPSA) is 45.1 Å². The summed E-state index contributed by atoms with van der Waals surface area (Å²) in [7, 11) is 0. The van der Waals surface area contributed by atoms with Crippen molar-refractivity contribution in [3.05, 3.63) is 24.1 Å². The molecule has 1 aliphatic carbocycles. The first-order chi connectivity index (χ1) is 7.29. The molecule has 2 N–H and O–H groups in total. The summed E-state index contributed by atoms with van der Waals surface area (Å²) >= 11 is 0. The molecule has 1 aromatic heterocycles. The normalized spacial score (nSPS) is 25.5. The van der Waals surface area contributed by atoms with Crippen LogP contribution in [0.3, 0.4) is 0 Å². The number of aromatic nitrogens is 1. The molecule has 0 aliphatic heterocycles. The van der Waals surface area contributed by atoms with E-state index in [0.717, 1.165) is 19.3 Å². The van der Waals surface area contributed by atoms with Crippen molar-refractivity contribution in [1.29, 1.82) is 0 Å². The monoisotopic (exact) mass is 210 g/mol. The summed E-state index contributed by atoms with van der Waals surface area (Å²) in [6.45, 7) is 0.207. The average molecular weight is 210 g/mol. The second kappa shape index (κ2) is 4.57. The predicted molar refractivity (Wildman–Crippen MR) is 56.0 cm³/mol. The van der Waals surface area contributed by atoms with Crippen LogP contribution < -0.4 is 5.32 Å². The Morgan fingerprint density at radius 1 is 1.47 bits per heavy atom. The van der Waals surface area contributed by atoms with E-state index in [-0.39, 0.29) is 18.5 Å². The van der Waals surface area contributed by atoms with Gasteiger partial charge in [0.2, 0.25) is 0 Å². The van der Waals surface area contributed by atoms with E-state index in [1.807, 2.05) is 0 Å². The minimum Gasteiger partial charge on any atom is -0.396 e. The van der Waals surface area contributed by atoms with Crippen LogP contribution in [0.25, 0.3) is 0 Å². The number of hydrogen-bond donors (Lipinski definition) is 2. The van der Waals surface area contributed by atoms with Gasteiger partial charge in [0.05, 0.1) is 6.20 Å². The van der Waals surface area contributed by atoms with Crippen LogP contribution in [0, 0.1) is 11.7 Å². The zero-order valence-electron chi connectivity index (χ0n) is 8.49. The van der Waals surface area contributed by atoms with Gasteiger partial charge in [-0.25, -0.2) is 9.37 Å². The van der Waals surface area contributed by atoms with Crippen LogP contribution in [-0.2, 0) is 0 Å². The largest absolute Gasteiger partial charge is 0.396 e. The van der Waals surface area contributed by atoms with Gasteiger partial charge in [-0.15, -0.1) is 0 Å². The van der Waals surface area contributed by atoms with Crippen molar-refractivity contribution in [2.24, 2.45) is 5.92 Å². The number of nitrogens with zero attached hydrogens (tertiary/aromatic N) is 1. The fraction of sp³-hybridized carbons (Fsp3) is 0.545. The van der Waals surface area contributed by atoms with Gasteiger partial charge in [-0.3, -0.25) is 0 Å². The molecule has 1 saturated carbocycles. The summed E-state index contributed by atoms with van der Waals surface area (Å²) in [5.41, 5.74) is 0. The highest BCUT2D eigenvalue weighted by Crippen LogP contribution is 2.27. The van der Waals surface area contributed by atoms with Gasteiger partial charge in [-0.05, 0) is 25.0 Å². The van der Waals surface area contributed by atoms with Gasteiger partial charge in [0.15, 0.2) is 0 Å². The van der Waals surface area contributed by atoms with Crippen molar-refractivity contribution in [3.63, 3.8) is 0 Å². The molecule has 15 heavy (non-hydrogen) atoms. The van der Waals surface area contributed by atoms with Gasteiger partial charge in [0.1, 0.15) is 11.6 Å². The van der Waals surface area contributed by atoms with Crippen LogP contribution in [0.5, 0.6) is 0 Å². The maximum absolute atomic E-state index is 12.6. The molecule has 2 atom stereocenters. The highest BCUT2D eigenvalue weighted by molar-refractivity contribution is 5.35. The molecule has 1 aromatic rings. The van der Waals surface area contributed by atoms with E-state index in [2.05, 4.69) is 10.3 Å². The van der Waals surface area contributed by atoms with Crippen molar-refractivity contribution in [2.45, 2.75) is 25.3 Å². The third-order valence-electron chi connectivity index (χ3n) is 2.95. The van der Waals surface area contributed by atoms with Crippen molar-refractivity contribution in [2.75, 3.05) is 11.9 Å². The molecule has 1 aliphatic rings. The third kappa shape index (κ3) is 2.45. The fourth-order valence-corrected chi connectivity index (χ4v) is 2.10. The van der Waals surface area contributed by atoms with Crippen molar-refractivity contribution in [1.82, 2.24) is 4.98 Å². The smallest absolute Gasteiger partial charge is 0.141 e. The summed E-state index contributed by atoms with van der Waals surface area (Å²) in [6, 6.07) is 3.29. The SMILES string of the molecule is OCC1CCCC1Nc1ccc(F)cn1. The summed E-state index contributed by atoms with van der Waals surface area (Å²) in [6.07, 6.45) is 4.43. The van der Waals surface area contributed by atoms with E-state index < -0.39 is 0 Å². The Morgan fingerprint density at radius 2 is 2.33 bits per heavy atom. The maximum atomic E-state index is 12.6. The van der Waals surface area contributed by atoms with E-state index in [1.54, 1.807) is 6.07 Å². The zero-order valence-corrected chi connectivity index (χ0v) is 8.49. The van der Waals surface area contributed by atoms with E-state index in [4.69, 9.17) is 5.11 Å². The number of hydrogen-bond acceptors (Lipinski definition) is 3. The quantitative estimate of drug-likeness (QED) is 0.799. The van der Waals surface area contributed by atoms with Crippen molar-refractivity contribution >= 4 is 5.82 Å². The molecular weight excluding hydrogens is 195 g/mol. The summed E-state index contributed by atoms with van der Waals surface area (Å²) in [5, 5.41) is 12.4. The number of halogens is 1. The van der Waals surface area contributed by atoms with Crippen LogP contribution >= 0.6 is 0 Å². The van der Waals surface area contributed by atoms with Crippen LogP contribution in [0.1, 0.15) is 19.3 Å². The molecule has 1 heterocycles. The lowest BCUT2D eigenvalue weighted by Crippen LogP contribution is -2.26. The summed E-state index contributed by atoms with van der Waals surface area (Å²) in [4.78, 5) is 3.94. The minimum atomic E-state index is -0.328. The van der Waals surface area contributed by atoms with E-state index >= 15 is 0 Å². The van der Waals surface area contributed by atoms with Gasteiger partial charge in [0, 0.05) is 18.6 Å². The number of rotatable bonds is 3. The molecule has 0 spiro atoms. The average Bonchev–Trinajstić information content (AvgIpc) is 2.69. The molecule has 4 heteroatoms. The third-order valence-corrected chi connectivity index (χ3v) is 2.95. The number of aliphatic hydroxyl groups excluding tert-OH is 1. The number of nitrogens with one attached hydrogen (secondary N) is 1. The van der Waals surface area contributed by atoms with Crippen LogP contribution in [-0.4, -0.2) is 22.7 Å². The Morgan fingerprint density at radius 3 is 3.00 bits per heavy atom. The molecular formula is C11H15FN2O. The standard InChI is InChI=1S/C11H15FN2O/c12-9-4-5-11(13-6-9)14-10-3-1-2-8(10)7-15/h4-6,8,10,15H,1-3,7H2,(H,13,14). The maximum Gasteiger partial charge on any atom is 0.141 e. The Hall–Kier alpha value is -1.16. The Labute approximate surface area is 88.3 Å². The number of pyridine rings is 1. The van der Waals surface area contributed by atoms with Gasteiger partial charge in [0.25, 0.3) is 0 Å². The summed E-state index contributed by atoms with van der Waals surface area (Å²) in [5.74, 6) is 0.657. The Balaban J connectivity index is 1.99. The molecule has 0 radical (unpaired) electrons. The van der Waals surface area contributed by atoms with Gasteiger partial charge in [-0.1, -0.05) is 6.42 Å². The number of anilines is 1. The van der Waals surface area contributed by atoms with E-state index in [1.165, 1.54) is 12.3 Å². The molecule has 0 aromatic carbocycles. The van der Waals surface area contributed by atoms with E-state index in [9.17, 15) is 4.39 Å². The molecule has 0 bridgehead atoms. The molecule has 2 unspecified atom stereocenters.